The Hall–Kier alpha value is -3.75. The van der Waals surface area contributed by atoms with Gasteiger partial charge in [-0.15, -0.1) is 0 Å². The summed E-state index contributed by atoms with van der Waals surface area (Å²) in [6.45, 7) is 0. The summed E-state index contributed by atoms with van der Waals surface area (Å²) in [5, 5.41) is 15.5. The van der Waals surface area contributed by atoms with Gasteiger partial charge in [0, 0.05) is 34.6 Å². The van der Waals surface area contributed by atoms with E-state index in [0.29, 0.717) is 21.7 Å². The third kappa shape index (κ3) is 4.06. The average molecular weight is 477 g/mol. The highest BCUT2D eigenvalue weighted by atomic mass is 35.5. The largest absolute Gasteiger partial charge is 0.459 e. The van der Waals surface area contributed by atoms with E-state index in [1.165, 1.54) is 12.1 Å². The van der Waals surface area contributed by atoms with Crippen molar-refractivity contribution in [1.82, 2.24) is 10.3 Å². The second-order valence-electron chi connectivity index (χ2n) is 7.48. The van der Waals surface area contributed by atoms with Gasteiger partial charge in [0.2, 0.25) is 0 Å². The fourth-order valence-electron chi connectivity index (χ4n) is 3.94. The zero-order valence-corrected chi connectivity index (χ0v) is 18.7. The molecule has 1 aliphatic rings. The molecule has 0 bridgehead atoms. The lowest BCUT2D eigenvalue weighted by atomic mass is 10.0. The lowest BCUT2D eigenvalue weighted by Crippen LogP contribution is -2.29. The molecule has 5 rings (SSSR count). The Morgan fingerprint density at radius 2 is 1.79 bits per heavy atom. The molecule has 0 saturated carbocycles. The van der Waals surface area contributed by atoms with Crippen molar-refractivity contribution in [2.75, 3.05) is 4.90 Å². The van der Waals surface area contributed by atoms with Crippen molar-refractivity contribution in [2.45, 2.75) is 12.1 Å². The first-order chi connectivity index (χ1) is 16.0. The van der Waals surface area contributed by atoms with Gasteiger partial charge in [0.25, 0.3) is 5.69 Å². The van der Waals surface area contributed by atoms with E-state index in [-0.39, 0.29) is 17.8 Å². The van der Waals surface area contributed by atoms with Crippen LogP contribution in [0.25, 0.3) is 11.3 Å². The van der Waals surface area contributed by atoms with Crippen molar-refractivity contribution in [2.24, 2.45) is 0 Å². The van der Waals surface area contributed by atoms with E-state index >= 15 is 0 Å². The van der Waals surface area contributed by atoms with Crippen molar-refractivity contribution in [1.29, 1.82) is 0 Å². The lowest BCUT2D eigenvalue weighted by molar-refractivity contribution is -0.384. The molecule has 1 fully saturated rings. The number of rotatable bonds is 5. The van der Waals surface area contributed by atoms with E-state index in [1.807, 2.05) is 59.5 Å². The van der Waals surface area contributed by atoms with Crippen LogP contribution in [0.5, 0.6) is 0 Å². The quantitative estimate of drug-likeness (QED) is 0.212. The zero-order valence-electron chi connectivity index (χ0n) is 17.1. The number of hydrogen-bond acceptors (Lipinski definition) is 5. The van der Waals surface area contributed by atoms with Crippen molar-refractivity contribution >= 4 is 40.3 Å². The third-order valence-electron chi connectivity index (χ3n) is 5.48. The summed E-state index contributed by atoms with van der Waals surface area (Å²) in [6.07, 6.45) is 1.74. The summed E-state index contributed by atoms with van der Waals surface area (Å²) in [7, 11) is 0. The number of thiocarbonyl (C=S) groups is 1. The Bertz CT molecular complexity index is 1310. The summed E-state index contributed by atoms with van der Waals surface area (Å²) >= 11 is 11.8. The van der Waals surface area contributed by atoms with Crippen LogP contribution in [-0.4, -0.2) is 15.0 Å². The minimum absolute atomic E-state index is 0.0278. The van der Waals surface area contributed by atoms with Gasteiger partial charge in [-0.3, -0.25) is 15.1 Å². The first-order valence-corrected chi connectivity index (χ1v) is 10.9. The van der Waals surface area contributed by atoms with Crippen molar-refractivity contribution in [3.05, 3.63) is 112 Å². The normalized spacial score (nSPS) is 17.7. The fraction of sp³-hybridized carbons (Fsp3) is 0.0833. The molecule has 0 amide bonds. The number of pyridine rings is 1. The molecule has 0 aliphatic carbocycles. The average Bonchev–Trinajstić information content (AvgIpc) is 3.45. The molecular weight excluding hydrogens is 460 g/mol. The molecule has 4 aromatic rings. The van der Waals surface area contributed by atoms with Crippen LogP contribution in [0.3, 0.4) is 0 Å². The van der Waals surface area contributed by atoms with Gasteiger partial charge in [0.05, 0.1) is 16.7 Å². The van der Waals surface area contributed by atoms with Crippen molar-refractivity contribution in [3.8, 4) is 11.3 Å². The third-order valence-corrected chi connectivity index (χ3v) is 6.05. The standard InChI is InChI=1S/C24H17ClN4O3S/c25-16-6-10-17(11-7-16)28-23(22(27-24(28)33)19-3-1-2-14-26-19)21-13-12-20(32-21)15-4-8-18(9-5-15)29(30)31/h1-14,22-23H,(H,27,33)/t22-,23-/m0/s1. The number of furan rings is 1. The van der Waals surface area contributed by atoms with Crippen LogP contribution in [0.4, 0.5) is 11.4 Å². The minimum Gasteiger partial charge on any atom is -0.459 e. The van der Waals surface area contributed by atoms with Gasteiger partial charge in [0.1, 0.15) is 17.6 Å². The predicted octanol–water partition coefficient (Wildman–Crippen LogP) is 6.08. The fourth-order valence-corrected chi connectivity index (χ4v) is 4.41. The maximum absolute atomic E-state index is 11.0. The van der Waals surface area contributed by atoms with E-state index in [0.717, 1.165) is 16.9 Å². The number of anilines is 1. The number of hydrogen-bond donors (Lipinski definition) is 1. The molecule has 1 N–H and O–H groups in total. The molecule has 3 heterocycles. The highest BCUT2D eigenvalue weighted by Gasteiger charge is 2.42. The Kier molecular flexibility index (Phi) is 5.53. The van der Waals surface area contributed by atoms with E-state index < -0.39 is 4.92 Å². The summed E-state index contributed by atoms with van der Waals surface area (Å²) in [4.78, 5) is 17.1. The Balaban J connectivity index is 1.56. The molecule has 0 radical (unpaired) electrons. The molecule has 7 nitrogen and oxygen atoms in total. The molecule has 2 aromatic heterocycles. The van der Waals surface area contributed by atoms with E-state index in [9.17, 15) is 10.1 Å². The SMILES string of the molecule is O=[N+]([O-])c1ccc(-c2ccc([C@H]3[C@H](c4ccccn4)NC(=S)N3c3ccc(Cl)cc3)o2)cc1. The number of halogens is 1. The number of nitrogens with one attached hydrogen (secondary N) is 1. The van der Waals surface area contributed by atoms with E-state index in [1.54, 1.807) is 18.3 Å². The topological polar surface area (TPSA) is 84.4 Å². The number of aromatic nitrogens is 1. The summed E-state index contributed by atoms with van der Waals surface area (Å²) < 4.78 is 6.26. The van der Waals surface area contributed by atoms with Crippen LogP contribution in [0.1, 0.15) is 23.5 Å². The maximum atomic E-state index is 11.0. The number of benzene rings is 2. The molecule has 164 valence electrons. The monoisotopic (exact) mass is 476 g/mol. The Morgan fingerprint density at radius 3 is 2.45 bits per heavy atom. The van der Waals surface area contributed by atoms with Gasteiger partial charge < -0.3 is 14.6 Å². The van der Waals surface area contributed by atoms with Gasteiger partial charge >= 0.3 is 0 Å². The first-order valence-electron chi connectivity index (χ1n) is 10.1. The molecular formula is C24H17ClN4O3S. The van der Waals surface area contributed by atoms with Crippen molar-refractivity contribution in [3.63, 3.8) is 0 Å². The molecule has 33 heavy (non-hydrogen) atoms. The first kappa shape index (κ1) is 21.1. The van der Waals surface area contributed by atoms with Crippen LogP contribution in [0.15, 0.2) is 89.5 Å². The maximum Gasteiger partial charge on any atom is 0.269 e. The molecule has 2 atom stereocenters. The van der Waals surface area contributed by atoms with Gasteiger partial charge in [-0.2, -0.15) is 0 Å². The minimum atomic E-state index is -0.427. The number of nitrogens with zero attached hydrogens (tertiary/aromatic N) is 3. The molecule has 2 aromatic carbocycles. The molecule has 1 saturated heterocycles. The molecule has 0 spiro atoms. The number of non-ortho nitro benzene ring substituents is 1. The molecule has 9 heteroatoms. The Labute approximate surface area is 199 Å². The predicted molar refractivity (Wildman–Crippen MR) is 130 cm³/mol. The van der Waals surface area contributed by atoms with Gasteiger partial charge in [-0.05, 0) is 72.9 Å². The zero-order chi connectivity index (χ0) is 22.9. The second-order valence-corrected chi connectivity index (χ2v) is 8.30. The van der Waals surface area contributed by atoms with Crippen LogP contribution in [0, 0.1) is 10.1 Å². The van der Waals surface area contributed by atoms with Gasteiger partial charge in [-0.1, -0.05) is 17.7 Å². The summed E-state index contributed by atoms with van der Waals surface area (Å²) in [6, 6.07) is 22.6. The van der Waals surface area contributed by atoms with E-state index in [4.69, 9.17) is 28.2 Å². The van der Waals surface area contributed by atoms with Gasteiger partial charge in [0.15, 0.2) is 5.11 Å². The van der Waals surface area contributed by atoms with Crippen molar-refractivity contribution < 1.29 is 9.34 Å². The van der Waals surface area contributed by atoms with E-state index in [2.05, 4.69) is 10.3 Å². The van der Waals surface area contributed by atoms with Crippen LogP contribution < -0.4 is 10.2 Å². The molecule has 0 unspecified atom stereocenters. The number of nitro groups is 1. The Morgan fingerprint density at radius 1 is 1.03 bits per heavy atom. The van der Waals surface area contributed by atoms with Crippen LogP contribution >= 0.6 is 23.8 Å². The highest BCUT2D eigenvalue weighted by Crippen LogP contribution is 2.43. The van der Waals surface area contributed by atoms with Crippen LogP contribution in [-0.2, 0) is 0 Å². The van der Waals surface area contributed by atoms with Crippen LogP contribution in [0.2, 0.25) is 5.02 Å². The summed E-state index contributed by atoms with van der Waals surface area (Å²) in [5.41, 5.74) is 2.47. The summed E-state index contributed by atoms with van der Waals surface area (Å²) in [5.74, 6) is 1.29. The lowest BCUT2D eigenvalue weighted by Gasteiger charge is -2.26. The van der Waals surface area contributed by atoms with Gasteiger partial charge in [-0.25, -0.2) is 0 Å². The number of nitro benzene ring substituents is 1. The smallest absolute Gasteiger partial charge is 0.269 e. The highest BCUT2D eigenvalue weighted by molar-refractivity contribution is 7.80. The second kappa shape index (κ2) is 8.65. The molecule has 1 aliphatic heterocycles.